The predicted octanol–water partition coefficient (Wildman–Crippen LogP) is 11.8. The summed E-state index contributed by atoms with van der Waals surface area (Å²) < 4.78 is 40.2. The SMILES string of the molecule is CC(C)(C)C(=[OH+])/C=C(\O)C(C)(C)C.Cc1[c-]c(-c2nccc3c2ccc2cc(-c4cc(C)c(C(F)(F)F)c(C)c4)ccc23)cc(C)c1.[Ir]. The zero-order chi connectivity index (χ0) is 35.1. The van der Waals surface area contributed by atoms with Crippen LogP contribution < -0.4 is 0 Å². The van der Waals surface area contributed by atoms with Crippen LogP contribution in [-0.4, -0.2) is 20.7 Å². The van der Waals surface area contributed by atoms with Crippen LogP contribution in [0.25, 0.3) is 43.9 Å². The van der Waals surface area contributed by atoms with Crippen LogP contribution in [0.1, 0.15) is 69.4 Å². The minimum Gasteiger partial charge on any atom is -0.511 e. The molecule has 4 aromatic carbocycles. The third kappa shape index (κ3) is 8.80. The molecule has 5 rings (SSSR count). The van der Waals surface area contributed by atoms with Gasteiger partial charge >= 0.3 is 12.0 Å². The molecule has 7 heteroatoms. The molecule has 0 aliphatic carbocycles. The second-order valence-corrected chi connectivity index (χ2v) is 14.4. The van der Waals surface area contributed by atoms with Crippen LogP contribution in [0.5, 0.6) is 0 Å². The maximum absolute atomic E-state index is 13.4. The van der Waals surface area contributed by atoms with Crippen molar-refractivity contribution < 1.29 is 43.2 Å². The molecule has 0 saturated carbocycles. The number of nitrogens with zero attached hydrogens (tertiary/aromatic N) is 1. The first-order valence-electron chi connectivity index (χ1n) is 15.7. The molecule has 255 valence electrons. The standard InChI is InChI=1S/C30H23F3N.C11H20O2.Ir/c1-17-11-18(2)13-24(12-17)29-27-8-6-22-16-21(5-7-25(22)26(27)9-10-34-29)23-14-19(3)28(20(4)15-23)30(31,32)33;1-10(2,3)8(12)7-9(13)11(4,5)6;/h5-12,14-16H,1-4H3;7,12H,1-6H3;/q-1;;/p+1/b;8-7-;. The van der Waals surface area contributed by atoms with Gasteiger partial charge in [-0.05, 0) is 96.2 Å². The molecule has 0 amide bonds. The van der Waals surface area contributed by atoms with E-state index in [-0.39, 0.29) is 53.6 Å². The molecule has 0 spiro atoms. The maximum Gasteiger partial charge on any atom is 0.416 e. The molecule has 1 aromatic heterocycles. The van der Waals surface area contributed by atoms with Gasteiger partial charge in [0, 0.05) is 31.7 Å². The van der Waals surface area contributed by atoms with E-state index in [1.165, 1.54) is 19.9 Å². The number of carbonyl (C=O) groups excluding carboxylic acids is 1. The van der Waals surface area contributed by atoms with Gasteiger partial charge in [0.15, 0.2) is 0 Å². The number of hydrogen-bond donors (Lipinski definition) is 1. The first-order valence-corrected chi connectivity index (χ1v) is 15.7. The second kappa shape index (κ2) is 14.4. The largest absolute Gasteiger partial charge is 0.511 e. The van der Waals surface area contributed by atoms with E-state index in [2.05, 4.69) is 42.2 Å². The van der Waals surface area contributed by atoms with Gasteiger partial charge in [0.2, 0.25) is 0 Å². The number of pyridine rings is 1. The summed E-state index contributed by atoms with van der Waals surface area (Å²) in [6.07, 6.45) is -1.09. The van der Waals surface area contributed by atoms with Gasteiger partial charge in [0.25, 0.3) is 0 Å². The Hall–Kier alpha value is -3.80. The van der Waals surface area contributed by atoms with E-state index < -0.39 is 11.7 Å². The average Bonchev–Trinajstić information content (AvgIpc) is 2.94. The monoisotopic (exact) mass is 832 g/mol. The number of rotatable bonds is 3. The van der Waals surface area contributed by atoms with Crippen molar-refractivity contribution in [2.75, 3.05) is 0 Å². The zero-order valence-corrected chi connectivity index (χ0v) is 31.6. The van der Waals surface area contributed by atoms with Crippen LogP contribution in [0.4, 0.5) is 13.2 Å². The number of halogens is 3. The molecular weight excluding hydrogens is 788 g/mol. The van der Waals surface area contributed by atoms with E-state index in [0.29, 0.717) is 0 Å². The number of benzene rings is 4. The van der Waals surface area contributed by atoms with Crippen molar-refractivity contribution in [2.24, 2.45) is 10.8 Å². The summed E-state index contributed by atoms with van der Waals surface area (Å²) in [5.74, 6) is 0.417. The fourth-order valence-electron chi connectivity index (χ4n) is 5.55. The summed E-state index contributed by atoms with van der Waals surface area (Å²) in [6, 6.07) is 23.0. The first kappa shape index (κ1) is 38.6. The summed E-state index contributed by atoms with van der Waals surface area (Å²) in [4.78, 5) is 14.3. The van der Waals surface area contributed by atoms with E-state index in [1.807, 2.05) is 78.9 Å². The van der Waals surface area contributed by atoms with E-state index in [4.69, 9.17) is 0 Å². The Balaban J connectivity index is 0.000000382. The Bertz CT molecular complexity index is 1970. The first-order chi connectivity index (χ1) is 21.7. The molecule has 2 N–H and O–H groups in total. The fraction of sp³-hybridized carbons (Fsp3) is 0.317. The number of aliphatic hydroxyl groups excluding tert-OH is 1. The van der Waals surface area contributed by atoms with Crippen LogP contribution >= 0.6 is 0 Å². The third-order valence-corrected chi connectivity index (χ3v) is 8.12. The molecule has 1 heterocycles. The summed E-state index contributed by atoms with van der Waals surface area (Å²) in [5.41, 5.74) is 5.08. The molecule has 0 saturated heterocycles. The minimum absolute atomic E-state index is 0. The van der Waals surface area contributed by atoms with Crippen molar-refractivity contribution >= 4 is 27.3 Å². The normalized spacial score (nSPS) is 12.4. The van der Waals surface area contributed by atoms with E-state index >= 15 is 0 Å². The smallest absolute Gasteiger partial charge is 0.416 e. The molecule has 0 aliphatic rings. The van der Waals surface area contributed by atoms with Gasteiger partial charge in [0.05, 0.1) is 17.1 Å². The van der Waals surface area contributed by atoms with E-state index in [1.54, 1.807) is 12.1 Å². The number of alkyl halides is 3. The molecule has 0 fully saturated rings. The average molecular weight is 832 g/mol. The summed E-state index contributed by atoms with van der Waals surface area (Å²) in [5, 5.41) is 13.8. The molecule has 0 aliphatic heterocycles. The van der Waals surface area contributed by atoms with Gasteiger partial charge in [-0.3, -0.25) is 4.79 Å². The van der Waals surface area contributed by atoms with E-state index in [0.717, 1.165) is 55.1 Å². The molecule has 1 radical (unpaired) electrons. The van der Waals surface area contributed by atoms with Crippen molar-refractivity contribution in [3.8, 4) is 22.4 Å². The molecule has 48 heavy (non-hydrogen) atoms. The quantitative estimate of drug-likeness (QED) is 0.0647. The van der Waals surface area contributed by atoms with Crippen LogP contribution in [0, 0.1) is 44.6 Å². The molecule has 3 nitrogen and oxygen atoms in total. The number of allylic oxidation sites excluding steroid dienone is 2. The zero-order valence-electron chi connectivity index (χ0n) is 29.2. The van der Waals surface area contributed by atoms with Crippen molar-refractivity contribution in [3.05, 3.63) is 113 Å². The summed E-state index contributed by atoms with van der Waals surface area (Å²) >= 11 is 0. The number of aryl methyl sites for hydroxylation is 4. The van der Waals surface area contributed by atoms with Gasteiger partial charge < -0.3 is 10.1 Å². The number of hydrogen-bond acceptors (Lipinski definition) is 2. The molecule has 0 atom stereocenters. The van der Waals surface area contributed by atoms with Gasteiger partial charge in [0.1, 0.15) is 5.76 Å². The topological polar surface area (TPSA) is 54.5 Å². The number of aromatic nitrogens is 1. The Kier molecular flexibility index (Phi) is 11.6. The third-order valence-electron chi connectivity index (χ3n) is 8.12. The summed E-state index contributed by atoms with van der Waals surface area (Å²) in [7, 11) is 0. The van der Waals surface area contributed by atoms with Crippen molar-refractivity contribution in [2.45, 2.75) is 75.4 Å². The molecule has 0 bridgehead atoms. The Morgan fingerprint density at radius 3 is 1.90 bits per heavy atom. The van der Waals surface area contributed by atoms with Crippen molar-refractivity contribution in [1.82, 2.24) is 4.98 Å². The van der Waals surface area contributed by atoms with Crippen molar-refractivity contribution in [3.63, 3.8) is 0 Å². The fourth-order valence-corrected chi connectivity index (χ4v) is 5.55. The predicted molar refractivity (Wildman–Crippen MR) is 189 cm³/mol. The van der Waals surface area contributed by atoms with Crippen LogP contribution in [-0.2, 0) is 26.3 Å². The number of fused-ring (bicyclic) bond motifs is 3. The van der Waals surface area contributed by atoms with Crippen LogP contribution in [0.2, 0.25) is 0 Å². The Labute approximate surface area is 295 Å². The maximum atomic E-state index is 13.4. The molecular formula is C41H44F3IrNO2. The Morgan fingerprint density at radius 1 is 0.750 bits per heavy atom. The number of ketones is 1. The van der Waals surface area contributed by atoms with Gasteiger partial charge in [-0.15, -0.1) is 34.9 Å². The minimum atomic E-state index is -4.35. The Morgan fingerprint density at radius 2 is 1.35 bits per heavy atom. The van der Waals surface area contributed by atoms with Crippen LogP contribution in [0.15, 0.2) is 78.7 Å². The van der Waals surface area contributed by atoms with Gasteiger partial charge in [-0.2, -0.15) is 13.2 Å². The van der Waals surface area contributed by atoms with Crippen LogP contribution in [0.3, 0.4) is 0 Å². The van der Waals surface area contributed by atoms with Gasteiger partial charge in [-0.1, -0.05) is 71.0 Å². The number of aliphatic hydroxyl groups is 1. The second-order valence-electron chi connectivity index (χ2n) is 14.4. The summed E-state index contributed by atoms with van der Waals surface area (Å²) in [6.45, 7) is 18.5. The van der Waals surface area contributed by atoms with Crippen molar-refractivity contribution in [1.29, 1.82) is 0 Å². The van der Waals surface area contributed by atoms with Gasteiger partial charge in [-0.25, -0.2) is 0 Å². The molecule has 0 unspecified atom stereocenters. The van der Waals surface area contributed by atoms with E-state index in [9.17, 15) is 23.1 Å². The molecule has 5 aromatic rings.